The maximum atomic E-state index is 15.0. The van der Waals surface area contributed by atoms with E-state index in [9.17, 15) is 0 Å². The topological polar surface area (TPSA) is 111 Å². The van der Waals surface area contributed by atoms with Crippen LogP contribution in [-0.2, 0) is 6.54 Å². The summed E-state index contributed by atoms with van der Waals surface area (Å²) in [7, 11) is 0. The molecule has 0 aliphatic heterocycles. The minimum absolute atomic E-state index is 0.275. The van der Waals surface area contributed by atoms with Gasteiger partial charge in [-0.25, -0.2) is 14.4 Å². The molecule has 0 fully saturated rings. The number of hydrogen-bond donors (Lipinski definition) is 4. The van der Waals surface area contributed by atoms with Crippen molar-refractivity contribution in [1.29, 1.82) is 0 Å². The van der Waals surface area contributed by atoms with Gasteiger partial charge in [-0.15, -0.1) is 0 Å². The van der Waals surface area contributed by atoms with E-state index in [2.05, 4.69) is 40.7 Å². The Labute approximate surface area is 191 Å². The summed E-state index contributed by atoms with van der Waals surface area (Å²) in [5.41, 5.74) is 4.98. The van der Waals surface area contributed by atoms with Gasteiger partial charge in [0.25, 0.3) is 0 Å². The monoisotopic (exact) mass is 458 g/mol. The lowest BCUT2D eigenvalue weighted by atomic mass is 10.0. The summed E-state index contributed by atoms with van der Waals surface area (Å²) >= 11 is 6.09. The Hall–Kier alpha value is -4.24. The summed E-state index contributed by atoms with van der Waals surface area (Å²) in [6.07, 6.45) is 5.10. The first-order valence-corrected chi connectivity index (χ1v) is 10.5. The lowest BCUT2D eigenvalue weighted by Gasteiger charge is -2.08. The number of hydrogen-bond acceptors (Lipinski definition) is 5. The molecule has 0 amide bonds. The summed E-state index contributed by atoms with van der Waals surface area (Å²) in [6.45, 7) is 0.275. The minimum atomic E-state index is -0.326. The zero-order valence-electron chi connectivity index (χ0n) is 17.0. The first kappa shape index (κ1) is 19.4. The molecule has 0 aliphatic carbocycles. The highest BCUT2D eigenvalue weighted by molar-refractivity contribution is 6.31. The van der Waals surface area contributed by atoms with E-state index in [1.165, 1.54) is 6.07 Å². The average Bonchev–Trinajstić information content (AvgIpc) is 3.57. The van der Waals surface area contributed by atoms with Crippen LogP contribution in [0.2, 0.25) is 5.02 Å². The first-order valence-electron chi connectivity index (χ1n) is 10.2. The molecule has 0 aliphatic rings. The van der Waals surface area contributed by atoms with Gasteiger partial charge in [-0.2, -0.15) is 10.2 Å². The zero-order chi connectivity index (χ0) is 22.4. The lowest BCUT2D eigenvalue weighted by molar-refractivity contribution is 0.613. The summed E-state index contributed by atoms with van der Waals surface area (Å²) in [6, 6.07) is 12.4. The number of imidazole rings is 1. The van der Waals surface area contributed by atoms with Crippen LogP contribution in [-0.4, -0.2) is 35.3 Å². The maximum absolute atomic E-state index is 15.0. The van der Waals surface area contributed by atoms with Crippen LogP contribution in [0.5, 0.6) is 0 Å². The highest BCUT2D eigenvalue weighted by Crippen LogP contribution is 2.30. The first-order chi connectivity index (χ1) is 16.2. The number of aromatic amines is 3. The highest BCUT2D eigenvalue weighted by Gasteiger charge is 2.14. The van der Waals surface area contributed by atoms with Gasteiger partial charge >= 0.3 is 0 Å². The molecule has 6 aromatic rings. The Kier molecular flexibility index (Phi) is 4.55. The Balaban J connectivity index is 1.29. The van der Waals surface area contributed by atoms with Gasteiger partial charge in [0.15, 0.2) is 11.5 Å². The number of aromatic nitrogens is 7. The fourth-order valence-electron chi connectivity index (χ4n) is 3.82. The molecule has 4 N–H and O–H groups in total. The lowest BCUT2D eigenvalue weighted by Crippen LogP contribution is -2.02. The van der Waals surface area contributed by atoms with Crippen molar-refractivity contribution in [1.82, 2.24) is 35.3 Å². The maximum Gasteiger partial charge on any atom is 0.158 e. The third-order valence-corrected chi connectivity index (χ3v) is 5.73. The van der Waals surface area contributed by atoms with Crippen molar-refractivity contribution in [3.8, 4) is 22.5 Å². The number of halogens is 2. The molecule has 0 saturated carbocycles. The fourth-order valence-corrected chi connectivity index (χ4v) is 3.99. The Morgan fingerprint density at radius 3 is 2.85 bits per heavy atom. The third-order valence-electron chi connectivity index (χ3n) is 5.49. The Bertz CT molecular complexity index is 1600. The zero-order valence-corrected chi connectivity index (χ0v) is 17.8. The minimum Gasteiger partial charge on any atom is -0.364 e. The number of fused-ring (bicyclic) bond motifs is 2. The molecule has 0 unspecified atom stereocenters. The molecule has 0 radical (unpaired) electrons. The second kappa shape index (κ2) is 7.72. The van der Waals surface area contributed by atoms with Gasteiger partial charge in [-0.1, -0.05) is 23.7 Å². The number of nitrogens with one attached hydrogen (secondary N) is 4. The van der Waals surface area contributed by atoms with Crippen LogP contribution in [0.1, 0.15) is 5.56 Å². The van der Waals surface area contributed by atoms with Crippen molar-refractivity contribution < 1.29 is 4.39 Å². The number of rotatable bonds is 5. The van der Waals surface area contributed by atoms with Crippen LogP contribution in [0.3, 0.4) is 0 Å². The summed E-state index contributed by atoms with van der Waals surface area (Å²) in [5.74, 6) is 0.940. The van der Waals surface area contributed by atoms with E-state index in [0.717, 1.165) is 22.0 Å². The highest BCUT2D eigenvalue weighted by atomic mass is 35.5. The van der Waals surface area contributed by atoms with E-state index in [-0.39, 0.29) is 12.4 Å². The predicted molar refractivity (Wildman–Crippen MR) is 125 cm³/mol. The third kappa shape index (κ3) is 3.48. The molecule has 4 heterocycles. The number of anilines is 1. The molecular weight excluding hydrogens is 443 g/mol. The van der Waals surface area contributed by atoms with Gasteiger partial charge in [0.2, 0.25) is 0 Å². The number of benzene rings is 2. The molecule has 162 valence electrons. The molecule has 0 spiro atoms. The molecule has 33 heavy (non-hydrogen) atoms. The van der Waals surface area contributed by atoms with E-state index < -0.39 is 0 Å². The van der Waals surface area contributed by atoms with Gasteiger partial charge in [-0.05, 0) is 35.9 Å². The SMILES string of the molecule is Fc1cc(-c2ccnc3[nH]c(-c4cn[nH]c4)nc23)ccc1CNc1n[nH]c2ccc(Cl)cc12. The van der Waals surface area contributed by atoms with Crippen molar-refractivity contribution in [3.05, 3.63) is 77.5 Å². The molecule has 2 aromatic carbocycles. The van der Waals surface area contributed by atoms with Crippen LogP contribution >= 0.6 is 11.6 Å². The Morgan fingerprint density at radius 2 is 2.00 bits per heavy atom. The van der Waals surface area contributed by atoms with Gasteiger partial charge < -0.3 is 10.3 Å². The van der Waals surface area contributed by atoms with E-state index in [4.69, 9.17) is 11.6 Å². The van der Waals surface area contributed by atoms with Crippen LogP contribution in [0.25, 0.3) is 44.6 Å². The number of pyridine rings is 1. The molecule has 0 saturated heterocycles. The van der Waals surface area contributed by atoms with Crippen molar-refractivity contribution >= 4 is 39.5 Å². The average molecular weight is 459 g/mol. The Morgan fingerprint density at radius 1 is 1.06 bits per heavy atom. The van der Waals surface area contributed by atoms with Crippen LogP contribution in [0.4, 0.5) is 10.2 Å². The van der Waals surface area contributed by atoms with Crippen molar-refractivity contribution in [2.75, 3.05) is 5.32 Å². The largest absolute Gasteiger partial charge is 0.364 e. The molecular formula is C23H16ClFN8. The van der Waals surface area contributed by atoms with Crippen LogP contribution < -0.4 is 5.32 Å². The molecule has 0 bridgehead atoms. The van der Waals surface area contributed by atoms with E-state index in [0.29, 0.717) is 39.0 Å². The quantitative estimate of drug-likeness (QED) is 0.280. The molecule has 0 atom stereocenters. The van der Waals surface area contributed by atoms with Crippen molar-refractivity contribution in [2.45, 2.75) is 6.54 Å². The second-order valence-corrected chi connectivity index (χ2v) is 7.99. The van der Waals surface area contributed by atoms with Gasteiger partial charge in [0.05, 0.1) is 17.3 Å². The normalized spacial score (nSPS) is 11.5. The second-order valence-electron chi connectivity index (χ2n) is 7.55. The van der Waals surface area contributed by atoms with E-state index in [1.807, 2.05) is 24.3 Å². The van der Waals surface area contributed by atoms with Crippen LogP contribution in [0.15, 0.2) is 61.1 Å². The van der Waals surface area contributed by atoms with Crippen molar-refractivity contribution in [2.24, 2.45) is 0 Å². The van der Waals surface area contributed by atoms with Crippen molar-refractivity contribution in [3.63, 3.8) is 0 Å². The fraction of sp³-hybridized carbons (Fsp3) is 0.0435. The summed E-state index contributed by atoms with van der Waals surface area (Å²) in [4.78, 5) is 12.2. The van der Waals surface area contributed by atoms with Gasteiger partial charge in [0, 0.05) is 40.5 Å². The molecule has 6 rings (SSSR count). The number of H-pyrrole nitrogens is 3. The standard InChI is InChI=1S/C23H16ClFN8/c24-15-3-4-19-17(8-15)22(33-32-19)27-9-13-2-1-12(7-18(13)25)16-5-6-26-23-20(16)30-21(31-23)14-10-28-29-11-14/h1-8,10-11H,9H2,(H,28,29)(H,26,30,31)(H2,27,32,33). The molecule has 8 nitrogen and oxygen atoms in total. The number of nitrogens with zero attached hydrogens (tertiary/aromatic N) is 4. The summed E-state index contributed by atoms with van der Waals surface area (Å²) < 4.78 is 15.0. The molecule has 4 aromatic heterocycles. The summed E-state index contributed by atoms with van der Waals surface area (Å²) in [5, 5.41) is 18.6. The van der Waals surface area contributed by atoms with Crippen LogP contribution in [0, 0.1) is 5.82 Å². The smallest absolute Gasteiger partial charge is 0.158 e. The van der Waals surface area contributed by atoms with Gasteiger partial charge in [0.1, 0.15) is 17.2 Å². The van der Waals surface area contributed by atoms with E-state index in [1.54, 1.807) is 30.7 Å². The molecule has 10 heteroatoms. The van der Waals surface area contributed by atoms with Gasteiger partial charge in [-0.3, -0.25) is 10.2 Å². The van der Waals surface area contributed by atoms with E-state index >= 15 is 4.39 Å². The predicted octanol–water partition coefficient (Wildman–Crippen LogP) is 5.30.